The van der Waals surface area contributed by atoms with Crippen molar-refractivity contribution in [3.05, 3.63) is 30.0 Å². The van der Waals surface area contributed by atoms with Crippen LogP contribution >= 0.6 is 12.4 Å². The molecule has 4 nitrogen and oxygen atoms in total. The largest absolute Gasteiger partial charge is 0.306 e. The van der Waals surface area contributed by atoms with E-state index in [1.807, 2.05) is 18.2 Å². The molecule has 1 aromatic heterocycles. The summed E-state index contributed by atoms with van der Waals surface area (Å²) in [5.74, 6) is 0.456. The Balaban J connectivity index is 0.00000147. The van der Waals surface area contributed by atoms with Crippen LogP contribution in [0.3, 0.4) is 0 Å². The highest BCUT2D eigenvalue weighted by atomic mass is 35.5. The highest BCUT2D eigenvalue weighted by molar-refractivity contribution is 5.91. The fraction of sp³-hybridized carbons (Fsp3) is 0.467. The lowest BCUT2D eigenvalue weighted by Gasteiger charge is -2.28. The molecule has 108 valence electrons. The van der Waals surface area contributed by atoms with Gasteiger partial charge in [0.2, 0.25) is 5.91 Å². The van der Waals surface area contributed by atoms with Gasteiger partial charge in [-0.15, -0.1) is 12.4 Å². The number of fused-ring (bicyclic) bond motifs is 1. The summed E-state index contributed by atoms with van der Waals surface area (Å²) in [5, 5.41) is 5.72. The maximum atomic E-state index is 11.7. The van der Waals surface area contributed by atoms with Crippen molar-refractivity contribution >= 4 is 29.2 Å². The fourth-order valence-electron chi connectivity index (χ4n) is 2.91. The molecule has 2 heterocycles. The Morgan fingerprint density at radius 2 is 1.90 bits per heavy atom. The zero-order valence-electron chi connectivity index (χ0n) is 11.9. The Morgan fingerprint density at radius 1 is 1.25 bits per heavy atom. The number of hydrogen-bond donors (Lipinski definition) is 0. The summed E-state index contributed by atoms with van der Waals surface area (Å²) in [4.78, 5) is 14.0. The van der Waals surface area contributed by atoms with Crippen LogP contribution in [0.1, 0.15) is 36.2 Å². The van der Waals surface area contributed by atoms with Crippen LogP contribution in [0.15, 0.2) is 24.3 Å². The number of hydrogen-bond acceptors (Lipinski definition) is 3. The smallest absolute Gasteiger partial charge is 0.244 e. The van der Waals surface area contributed by atoms with Crippen molar-refractivity contribution in [2.24, 2.45) is 0 Å². The summed E-state index contributed by atoms with van der Waals surface area (Å²) < 4.78 is 1.54. The standard InChI is InChI=1S/C15H19N3O.ClH/c1-11(19)18-14-6-4-3-5-13(14)15(16-18)12-7-9-17(2)10-8-12;/h3-6,12H,7-10H2,1-2H3;1H. The number of carbonyl (C=O) groups excluding carboxylic acids is 1. The van der Waals surface area contributed by atoms with Crippen LogP contribution in [0.2, 0.25) is 0 Å². The Kier molecular flexibility index (Phi) is 4.45. The Bertz CT molecular complexity index is 615. The van der Waals surface area contributed by atoms with E-state index in [4.69, 9.17) is 0 Å². The average Bonchev–Trinajstić information content (AvgIpc) is 2.79. The lowest BCUT2D eigenvalue weighted by atomic mass is 9.92. The zero-order chi connectivity index (χ0) is 13.4. The fourth-order valence-corrected chi connectivity index (χ4v) is 2.91. The molecule has 1 aliphatic heterocycles. The molecule has 5 heteroatoms. The molecule has 20 heavy (non-hydrogen) atoms. The van der Waals surface area contributed by atoms with Gasteiger partial charge in [-0.2, -0.15) is 5.10 Å². The number of carbonyl (C=O) groups is 1. The monoisotopic (exact) mass is 293 g/mol. The van der Waals surface area contributed by atoms with Gasteiger partial charge in [0.25, 0.3) is 0 Å². The molecule has 0 aliphatic carbocycles. The van der Waals surface area contributed by atoms with Crippen molar-refractivity contribution in [1.29, 1.82) is 0 Å². The van der Waals surface area contributed by atoms with E-state index < -0.39 is 0 Å². The molecule has 0 radical (unpaired) electrons. The molecule has 1 aliphatic rings. The van der Waals surface area contributed by atoms with E-state index in [-0.39, 0.29) is 18.3 Å². The van der Waals surface area contributed by atoms with Gasteiger partial charge >= 0.3 is 0 Å². The third-order valence-electron chi connectivity index (χ3n) is 4.02. The predicted octanol–water partition coefficient (Wildman–Crippen LogP) is 2.93. The molecular weight excluding hydrogens is 274 g/mol. The van der Waals surface area contributed by atoms with Crippen molar-refractivity contribution in [3.8, 4) is 0 Å². The van der Waals surface area contributed by atoms with Crippen molar-refractivity contribution in [2.75, 3.05) is 20.1 Å². The Hall–Kier alpha value is -1.39. The van der Waals surface area contributed by atoms with Crippen LogP contribution in [0.4, 0.5) is 0 Å². The molecule has 1 saturated heterocycles. The molecule has 0 amide bonds. The van der Waals surface area contributed by atoms with Gasteiger partial charge in [0.05, 0.1) is 11.2 Å². The zero-order valence-corrected chi connectivity index (χ0v) is 12.7. The number of para-hydroxylation sites is 1. The Morgan fingerprint density at radius 3 is 2.55 bits per heavy atom. The second-order valence-corrected chi connectivity index (χ2v) is 5.41. The molecule has 0 N–H and O–H groups in total. The maximum Gasteiger partial charge on any atom is 0.244 e. The molecule has 3 rings (SSSR count). The number of likely N-dealkylation sites (tertiary alicyclic amines) is 1. The third-order valence-corrected chi connectivity index (χ3v) is 4.02. The minimum atomic E-state index is -0.0182. The SMILES string of the molecule is CC(=O)n1nc(C2CCN(C)CC2)c2ccccc21.Cl. The average molecular weight is 294 g/mol. The molecule has 0 spiro atoms. The maximum absolute atomic E-state index is 11.7. The topological polar surface area (TPSA) is 38.1 Å². The van der Waals surface area contributed by atoms with Gasteiger partial charge in [-0.05, 0) is 39.0 Å². The number of rotatable bonds is 1. The normalized spacial score (nSPS) is 17.1. The van der Waals surface area contributed by atoms with E-state index in [0.29, 0.717) is 5.92 Å². The van der Waals surface area contributed by atoms with Gasteiger partial charge < -0.3 is 4.90 Å². The molecular formula is C15H20ClN3O. The highest BCUT2D eigenvalue weighted by Gasteiger charge is 2.24. The summed E-state index contributed by atoms with van der Waals surface area (Å²) in [6.07, 6.45) is 2.24. The van der Waals surface area contributed by atoms with Gasteiger partial charge in [0.1, 0.15) is 0 Å². The van der Waals surface area contributed by atoms with Crippen molar-refractivity contribution in [2.45, 2.75) is 25.7 Å². The summed E-state index contributed by atoms with van der Waals surface area (Å²) in [6.45, 7) is 3.77. The van der Waals surface area contributed by atoms with Crippen LogP contribution in [0, 0.1) is 0 Å². The third kappa shape index (κ3) is 2.58. The van der Waals surface area contributed by atoms with Gasteiger partial charge in [0.15, 0.2) is 0 Å². The van der Waals surface area contributed by atoms with E-state index in [0.717, 1.165) is 42.5 Å². The molecule has 1 fully saturated rings. The first-order valence-corrected chi connectivity index (χ1v) is 6.84. The number of nitrogens with zero attached hydrogens (tertiary/aromatic N) is 3. The molecule has 0 bridgehead atoms. The highest BCUT2D eigenvalue weighted by Crippen LogP contribution is 2.32. The summed E-state index contributed by atoms with van der Waals surface area (Å²) >= 11 is 0. The summed E-state index contributed by atoms with van der Waals surface area (Å²) in [7, 11) is 2.16. The first-order valence-electron chi connectivity index (χ1n) is 6.84. The first kappa shape index (κ1) is 15.0. The van der Waals surface area contributed by atoms with Crippen LogP contribution in [-0.2, 0) is 0 Å². The van der Waals surface area contributed by atoms with Gasteiger partial charge in [-0.25, -0.2) is 4.68 Å². The van der Waals surface area contributed by atoms with E-state index in [9.17, 15) is 4.79 Å². The second kappa shape index (κ2) is 5.94. The van der Waals surface area contributed by atoms with Gasteiger partial charge in [0, 0.05) is 18.2 Å². The van der Waals surface area contributed by atoms with Gasteiger partial charge in [-0.3, -0.25) is 4.79 Å². The van der Waals surface area contributed by atoms with Crippen molar-refractivity contribution in [1.82, 2.24) is 14.7 Å². The number of piperidine rings is 1. The van der Waals surface area contributed by atoms with Crippen molar-refractivity contribution in [3.63, 3.8) is 0 Å². The molecule has 0 atom stereocenters. The van der Waals surface area contributed by atoms with Crippen molar-refractivity contribution < 1.29 is 4.79 Å². The van der Waals surface area contributed by atoms with E-state index in [1.54, 1.807) is 11.6 Å². The summed E-state index contributed by atoms with van der Waals surface area (Å²) in [5.41, 5.74) is 2.03. The van der Waals surface area contributed by atoms with Crippen LogP contribution in [0.25, 0.3) is 10.9 Å². The minimum absolute atomic E-state index is 0. The lowest BCUT2D eigenvalue weighted by molar-refractivity contribution is 0.0925. The number of aromatic nitrogens is 2. The lowest BCUT2D eigenvalue weighted by Crippen LogP contribution is -2.29. The minimum Gasteiger partial charge on any atom is -0.306 e. The first-order chi connectivity index (χ1) is 9.16. The quantitative estimate of drug-likeness (QED) is 0.811. The molecule has 0 unspecified atom stereocenters. The van der Waals surface area contributed by atoms with Crippen LogP contribution in [0.5, 0.6) is 0 Å². The molecule has 1 aromatic carbocycles. The van der Waals surface area contributed by atoms with E-state index >= 15 is 0 Å². The molecule has 2 aromatic rings. The summed E-state index contributed by atoms with van der Waals surface area (Å²) in [6, 6.07) is 8.03. The molecule has 0 saturated carbocycles. The van der Waals surface area contributed by atoms with E-state index in [1.165, 1.54) is 0 Å². The Labute approximate surface area is 125 Å². The van der Waals surface area contributed by atoms with Gasteiger partial charge in [-0.1, -0.05) is 18.2 Å². The van der Waals surface area contributed by atoms with Crippen LogP contribution in [-0.4, -0.2) is 40.7 Å². The van der Waals surface area contributed by atoms with Crippen LogP contribution < -0.4 is 0 Å². The van der Waals surface area contributed by atoms with E-state index in [2.05, 4.69) is 23.1 Å². The second-order valence-electron chi connectivity index (χ2n) is 5.41. The number of benzene rings is 1. The number of halogens is 1. The predicted molar refractivity (Wildman–Crippen MR) is 82.8 cm³/mol.